The Hall–Kier alpha value is -1.33. The molecule has 2 heterocycles. The van der Waals surface area contributed by atoms with E-state index in [1.54, 1.807) is 29.8 Å². The number of aliphatic hydroxyl groups excluding tert-OH is 1. The molecular weight excluding hydrogens is 210 g/mol. The van der Waals surface area contributed by atoms with Crippen molar-refractivity contribution in [2.24, 2.45) is 0 Å². The molecule has 0 aromatic carbocycles. The summed E-state index contributed by atoms with van der Waals surface area (Å²) in [4.78, 5) is 4.30. The van der Waals surface area contributed by atoms with Crippen molar-refractivity contribution in [2.45, 2.75) is 19.4 Å². The van der Waals surface area contributed by atoms with E-state index in [4.69, 9.17) is 0 Å². The number of aryl methyl sites for hydroxylation is 1. The lowest BCUT2D eigenvalue weighted by Gasteiger charge is -2.07. The summed E-state index contributed by atoms with van der Waals surface area (Å²) in [6, 6.07) is 1.76. The second-order valence-electron chi connectivity index (χ2n) is 3.28. The van der Waals surface area contributed by atoms with Gasteiger partial charge in [0.25, 0.3) is 0 Å². The van der Waals surface area contributed by atoms with Crippen molar-refractivity contribution in [1.29, 1.82) is 0 Å². The third kappa shape index (κ3) is 2.57. The highest BCUT2D eigenvalue weighted by atomic mass is 32.1. The first-order valence-corrected chi connectivity index (χ1v) is 5.49. The first-order valence-electron chi connectivity index (χ1n) is 4.61. The summed E-state index contributed by atoms with van der Waals surface area (Å²) in [5.74, 6) is 0. The maximum atomic E-state index is 9.88. The fourth-order valence-corrected chi connectivity index (χ4v) is 2.09. The van der Waals surface area contributed by atoms with Crippen molar-refractivity contribution >= 4 is 11.3 Å². The molecule has 0 fully saturated rings. The molecule has 78 valence electrons. The van der Waals surface area contributed by atoms with E-state index < -0.39 is 6.10 Å². The predicted molar refractivity (Wildman–Crippen MR) is 57.5 cm³/mol. The Morgan fingerprint density at radius 1 is 1.47 bits per heavy atom. The van der Waals surface area contributed by atoms with Crippen molar-refractivity contribution in [1.82, 2.24) is 15.2 Å². The van der Waals surface area contributed by atoms with Crippen molar-refractivity contribution < 1.29 is 5.11 Å². The summed E-state index contributed by atoms with van der Waals surface area (Å²) >= 11 is 1.57. The molecule has 0 radical (unpaired) electrons. The van der Waals surface area contributed by atoms with Crippen LogP contribution in [0.25, 0.3) is 0 Å². The summed E-state index contributed by atoms with van der Waals surface area (Å²) in [5.41, 5.74) is 1.77. The lowest BCUT2D eigenvalue weighted by atomic mass is 10.1. The summed E-state index contributed by atoms with van der Waals surface area (Å²) in [5, 5.41) is 20.2. The maximum absolute atomic E-state index is 9.88. The number of aromatic nitrogens is 3. The van der Waals surface area contributed by atoms with Crippen LogP contribution < -0.4 is 0 Å². The molecule has 1 atom stereocenters. The zero-order valence-corrected chi connectivity index (χ0v) is 9.11. The minimum Gasteiger partial charge on any atom is -0.388 e. The van der Waals surface area contributed by atoms with Gasteiger partial charge in [0.2, 0.25) is 0 Å². The van der Waals surface area contributed by atoms with Gasteiger partial charge in [-0.25, -0.2) is 4.98 Å². The van der Waals surface area contributed by atoms with Crippen LogP contribution in [0.1, 0.15) is 22.4 Å². The minimum atomic E-state index is -0.550. The molecule has 15 heavy (non-hydrogen) atoms. The molecule has 2 rings (SSSR count). The summed E-state index contributed by atoms with van der Waals surface area (Å²) in [7, 11) is 0. The Morgan fingerprint density at radius 2 is 2.33 bits per heavy atom. The van der Waals surface area contributed by atoms with Crippen molar-refractivity contribution in [3.63, 3.8) is 0 Å². The van der Waals surface area contributed by atoms with Gasteiger partial charge in [0, 0.05) is 29.3 Å². The highest BCUT2D eigenvalue weighted by Crippen LogP contribution is 2.19. The van der Waals surface area contributed by atoms with Crippen LogP contribution in [0, 0.1) is 6.92 Å². The Morgan fingerprint density at radius 3 is 2.93 bits per heavy atom. The molecule has 0 saturated heterocycles. The Bertz CT molecular complexity index is 429. The Balaban J connectivity index is 2.07. The van der Waals surface area contributed by atoms with Gasteiger partial charge < -0.3 is 5.11 Å². The van der Waals surface area contributed by atoms with E-state index in [1.807, 2.05) is 12.3 Å². The summed E-state index contributed by atoms with van der Waals surface area (Å²) in [6.07, 6.45) is 3.13. The molecule has 0 aliphatic carbocycles. The molecule has 0 spiro atoms. The van der Waals surface area contributed by atoms with Gasteiger partial charge in [-0.3, -0.25) is 0 Å². The number of rotatable bonds is 3. The predicted octanol–water partition coefficient (Wildman–Crippen LogP) is 1.52. The largest absolute Gasteiger partial charge is 0.388 e. The molecular formula is C10H11N3OS. The van der Waals surface area contributed by atoms with Crippen molar-refractivity contribution in [3.05, 3.63) is 40.1 Å². The highest BCUT2D eigenvalue weighted by molar-refractivity contribution is 7.09. The first-order chi connectivity index (χ1) is 7.25. The van der Waals surface area contributed by atoms with Crippen LogP contribution in [0.15, 0.2) is 23.8 Å². The zero-order chi connectivity index (χ0) is 10.7. The fourth-order valence-electron chi connectivity index (χ4n) is 1.28. The molecule has 1 N–H and O–H groups in total. The fraction of sp³-hybridized carbons (Fsp3) is 0.300. The average molecular weight is 221 g/mol. The van der Waals surface area contributed by atoms with Crippen LogP contribution in [-0.2, 0) is 6.42 Å². The average Bonchev–Trinajstić information content (AvgIpc) is 2.65. The maximum Gasteiger partial charge on any atom is 0.0957 e. The van der Waals surface area contributed by atoms with Crippen molar-refractivity contribution in [2.75, 3.05) is 0 Å². The van der Waals surface area contributed by atoms with Gasteiger partial charge in [-0.1, -0.05) is 0 Å². The lowest BCUT2D eigenvalue weighted by molar-refractivity contribution is 0.177. The van der Waals surface area contributed by atoms with Gasteiger partial charge >= 0.3 is 0 Å². The van der Waals surface area contributed by atoms with Gasteiger partial charge in [-0.2, -0.15) is 10.2 Å². The molecule has 0 aliphatic heterocycles. The number of hydrogen-bond acceptors (Lipinski definition) is 5. The molecule has 1 unspecified atom stereocenters. The van der Waals surface area contributed by atoms with Gasteiger partial charge in [0.15, 0.2) is 0 Å². The molecule has 0 aliphatic rings. The first kappa shape index (κ1) is 10.2. The molecule has 2 aromatic rings. The van der Waals surface area contributed by atoms with Gasteiger partial charge in [0.05, 0.1) is 17.3 Å². The van der Waals surface area contributed by atoms with Crippen LogP contribution in [-0.4, -0.2) is 20.3 Å². The molecule has 0 saturated carbocycles. The van der Waals surface area contributed by atoms with E-state index in [0.717, 1.165) is 16.3 Å². The molecule has 0 amide bonds. The molecule has 2 aromatic heterocycles. The van der Waals surface area contributed by atoms with Gasteiger partial charge in [-0.05, 0) is 13.0 Å². The second kappa shape index (κ2) is 4.46. The topological polar surface area (TPSA) is 58.9 Å². The molecule has 4 nitrogen and oxygen atoms in total. The third-order valence-electron chi connectivity index (χ3n) is 2.03. The monoisotopic (exact) mass is 221 g/mol. The van der Waals surface area contributed by atoms with Crippen LogP contribution in [0.4, 0.5) is 0 Å². The molecule has 5 heteroatoms. The number of aliphatic hydroxyl groups is 1. The van der Waals surface area contributed by atoms with E-state index in [-0.39, 0.29) is 0 Å². The van der Waals surface area contributed by atoms with E-state index in [2.05, 4.69) is 15.2 Å². The van der Waals surface area contributed by atoms with Crippen LogP contribution in [0.2, 0.25) is 0 Å². The highest BCUT2D eigenvalue weighted by Gasteiger charge is 2.10. The van der Waals surface area contributed by atoms with Crippen LogP contribution in [0.5, 0.6) is 0 Å². The van der Waals surface area contributed by atoms with Gasteiger partial charge in [0.1, 0.15) is 0 Å². The Labute approximate surface area is 91.6 Å². The van der Waals surface area contributed by atoms with E-state index >= 15 is 0 Å². The Kier molecular flexibility index (Phi) is 3.03. The van der Waals surface area contributed by atoms with Crippen molar-refractivity contribution in [3.8, 4) is 0 Å². The van der Waals surface area contributed by atoms with E-state index in [9.17, 15) is 5.11 Å². The number of hydrogen-bond donors (Lipinski definition) is 1. The summed E-state index contributed by atoms with van der Waals surface area (Å²) < 4.78 is 0. The lowest BCUT2D eigenvalue weighted by Crippen LogP contribution is -2.02. The summed E-state index contributed by atoms with van der Waals surface area (Å²) in [6.45, 7) is 1.94. The van der Waals surface area contributed by atoms with E-state index in [0.29, 0.717) is 6.42 Å². The van der Waals surface area contributed by atoms with E-state index in [1.165, 1.54) is 0 Å². The number of thiazole rings is 1. The van der Waals surface area contributed by atoms with Crippen LogP contribution >= 0.6 is 11.3 Å². The second-order valence-corrected chi connectivity index (χ2v) is 4.22. The quantitative estimate of drug-likeness (QED) is 0.853. The minimum absolute atomic E-state index is 0.532. The third-order valence-corrected chi connectivity index (χ3v) is 3.02. The SMILES string of the molecule is Cc1csc(CC(O)c2ccnnc2)n1. The molecule has 0 bridgehead atoms. The smallest absolute Gasteiger partial charge is 0.0957 e. The standard InChI is InChI=1S/C10H11N3OS/c1-7-6-15-10(13-7)4-9(14)8-2-3-11-12-5-8/h2-3,5-6,9,14H,4H2,1H3. The normalized spacial score (nSPS) is 12.7. The van der Waals surface area contributed by atoms with Crippen LogP contribution in [0.3, 0.4) is 0 Å². The zero-order valence-electron chi connectivity index (χ0n) is 8.29. The van der Waals surface area contributed by atoms with Gasteiger partial charge in [-0.15, -0.1) is 11.3 Å². The number of nitrogens with zero attached hydrogens (tertiary/aromatic N) is 3.